The van der Waals surface area contributed by atoms with Gasteiger partial charge in [0.25, 0.3) is 5.91 Å². The van der Waals surface area contributed by atoms with E-state index < -0.39 is 17.7 Å². The SMILES string of the molecule is Cc1onc(-c2c(F)cccc2Cl)c1C(=O)NC(C)CCC(=O)O. The van der Waals surface area contributed by atoms with E-state index in [1.807, 2.05) is 0 Å². The van der Waals surface area contributed by atoms with Crippen molar-refractivity contribution >= 4 is 23.5 Å². The van der Waals surface area contributed by atoms with Gasteiger partial charge in [-0.25, -0.2) is 4.39 Å². The summed E-state index contributed by atoms with van der Waals surface area (Å²) in [6, 6.07) is 3.76. The number of aliphatic carboxylic acids is 1. The van der Waals surface area contributed by atoms with E-state index in [2.05, 4.69) is 10.5 Å². The molecule has 1 unspecified atom stereocenters. The van der Waals surface area contributed by atoms with Gasteiger partial charge >= 0.3 is 5.97 Å². The maximum absolute atomic E-state index is 14.1. The first kappa shape index (κ1) is 17.9. The number of aryl methyl sites for hydroxylation is 1. The van der Waals surface area contributed by atoms with E-state index >= 15 is 0 Å². The smallest absolute Gasteiger partial charge is 0.303 e. The van der Waals surface area contributed by atoms with E-state index in [1.165, 1.54) is 25.1 Å². The summed E-state index contributed by atoms with van der Waals surface area (Å²) in [5.74, 6) is -1.88. The Morgan fingerprint density at radius 3 is 2.79 bits per heavy atom. The fraction of sp³-hybridized carbons (Fsp3) is 0.312. The number of aromatic nitrogens is 1. The Morgan fingerprint density at radius 1 is 1.46 bits per heavy atom. The van der Waals surface area contributed by atoms with Gasteiger partial charge in [-0.1, -0.05) is 22.8 Å². The number of carboxylic acids is 1. The van der Waals surface area contributed by atoms with Gasteiger partial charge < -0.3 is 14.9 Å². The van der Waals surface area contributed by atoms with Crippen LogP contribution in [-0.2, 0) is 4.79 Å². The van der Waals surface area contributed by atoms with Crippen LogP contribution in [0.2, 0.25) is 5.02 Å². The molecule has 0 aliphatic rings. The number of nitrogens with zero attached hydrogens (tertiary/aromatic N) is 1. The lowest BCUT2D eigenvalue weighted by atomic mass is 10.0. The lowest BCUT2D eigenvalue weighted by molar-refractivity contribution is -0.137. The van der Waals surface area contributed by atoms with E-state index in [-0.39, 0.29) is 46.5 Å². The van der Waals surface area contributed by atoms with Crippen molar-refractivity contribution in [1.82, 2.24) is 10.5 Å². The zero-order valence-electron chi connectivity index (χ0n) is 13.1. The molecule has 2 N–H and O–H groups in total. The molecule has 1 atom stereocenters. The number of rotatable bonds is 6. The van der Waals surface area contributed by atoms with Crippen molar-refractivity contribution in [1.29, 1.82) is 0 Å². The van der Waals surface area contributed by atoms with Gasteiger partial charge in [0.05, 0.1) is 10.6 Å². The molecular formula is C16H16ClFN2O4. The van der Waals surface area contributed by atoms with E-state index in [4.69, 9.17) is 21.2 Å². The highest BCUT2D eigenvalue weighted by Crippen LogP contribution is 2.33. The molecule has 2 rings (SSSR count). The van der Waals surface area contributed by atoms with Crippen molar-refractivity contribution in [2.24, 2.45) is 0 Å². The Bertz CT molecular complexity index is 755. The summed E-state index contributed by atoms with van der Waals surface area (Å²) >= 11 is 6.02. The predicted molar refractivity (Wildman–Crippen MR) is 85.4 cm³/mol. The normalized spacial score (nSPS) is 12.0. The molecule has 128 valence electrons. The minimum atomic E-state index is -0.948. The zero-order valence-corrected chi connectivity index (χ0v) is 13.9. The molecule has 0 radical (unpaired) electrons. The molecule has 6 nitrogen and oxygen atoms in total. The summed E-state index contributed by atoms with van der Waals surface area (Å²) in [6.07, 6.45) is 0.192. The number of carbonyl (C=O) groups is 2. The summed E-state index contributed by atoms with van der Waals surface area (Å²) in [5.41, 5.74) is 0.0714. The molecule has 0 fully saturated rings. The summed E-state index contributed by atoms with van der Waals surface area (Å²) in [4.78, 5) is 23.1. The van der Waals surface area contributed by atoms with Gasteiger partial charge in [0, 0.05) is 12.5 Å². The van der Waals surface area contributed by atoms with Crippen LogP contribution < -0.4 is 5.32 Å². The second-order valence-electron chi connectivity index (χ2n) is 5.37. The Kier molecular flexibility index (Phi) is 5.56. The van der Waals surface area contributed by atoms with E-state index in [0.717, 1.165) is 0 Å². The van der Waals surface area contributed by atoms with Crippen molar-refractivity contribution < 1.29 is 23.6 Å². The van der Waals surface area contributed by atoms with Crippen molar-refractivity contribution in [2.75, 3.05) is 0 Å². The molecule has 1 amide bonds. The first-order valence-corrected chi connectivity index (χ1v) is 7.62. The molecular weight excluding hydrogens is 339 g/mol. The van der Waals surface area contributed by atoms with Crippen molar-refractivity contribution in [3.05, 3.63) is 40.4 Å². The van der Waals surface area contributed by atoms with E-state index in [1.54, 1.807) is 6.92 Å². The predicted octanol–water partition coefficient (Wildman–Crippen LogP) is 3.43. The molecule has 1 aromatic carbocycles. The maximum Gasteiger partial charge on any atom is 0.303 e. The highest BCUT2D eigenvalue weighted by atomic mass is 35.5. The second kappa shape index (κ2) is 7.44. The topological polar surface area (TPSA) is 92.4 Å². The van der Waals surface area contributed by atoms with Crippen LogP contribution in [0.3, 0.4) is 0 Å². The maximum atomic E-state index is 14.1. The number of carboxylic acid groups (broad SMARTS) is 1. The van der Waals surface area contributed by atoms with Crippen LogP contribution in [-0.4, -0.2) is 28.2 Å². The Morgan fingerprint density at radius 2 is 2.17 bits per heavy atom. The number of carbonyl (C=O) groups excluding carboxylic acids is 1. The Hall–Kier alpha value is -2.41. The highest BCUT2D eigenvalue weighted by Gasteiger charge is 2.26. The number of hydrogen-bond donors (Lipinski definition) is 2. The monoisotopic (exact) mass is 354 g/mol. The van der Waals surface area contributed by atoms with Crippen LogP contribution in [0.25, 0.3) is 11.3 Å². The number of hydrogen-bond acceptors (Lipinski definition) is 4. The van der Waals surface area contributed by atoms with Gasteiger partial charge in [0.1, 0.15) is 22.8 Å². The molecule has 1 aromatic heterocycles. The number of benzene rings is 1. The third-order valence-corrected chi connectivity index (χ3v) is 3.77. The molecule has 0 aliphatic carbocycles. The number of nitrogens with one attached hydrogen (secondary N) is 1. The standard InChI is InChI=1S/C16H16ClFN2O4/c1-8(6-7-12(21)22)19-16(23)13-9(2)24-20-15(13)14-10(17)4-3-5-11(14)18/h3-5,8H,6-7H2,1-2H3,(H,19,23)(H,21,22). The molecule has 0 saturated carbocycles. The zero-order chi connectivity index (χ0) is 17.9. The lowest BCUT2D eigenvalue weighted by Crippen LogP contribution is -2.33. The van der Waals surface area contributed by atoms with Gasteiger partial charge in [-0.2, -0.15) is 0 Å². The molecule has 0 spiro atoms. The molecule has 2 aromatic rings. The van der Waals surface area contributed by atoms with E-state index in [0.29, 0.717) is 0 Å². The van der Waals surface area contributed by atoms with Gasteiger partial charge in [-0.15, -0.1) is 0 Å². The van der Waals surface area contributed by atoms with Crippen LogP contribution in [0.15, 0.2) is 22.7 Å². The first-order valence-electron chi connectivity index (χ1n) is 7.24. The lowest BCUT2D eigenvalue weighted by Gasteiger charge is -2.13. The van der Waals surface area contributed by atoms with Crippen LogP contribution in [0.1, 0.15) is 35.9 Å². The summed E-state index contributed by atoms with van der Waals surface area (Å²) in [5, 5.41) is 15.2. The average Bonchev–Trinajstić information content (AvgIpc) is 2.86. The summed E-state index contributed by atoms with van der Waals surface area (Å²) in [6.45, 7) is 3.21. The molecule has 24 heavy (non-hydrogen) atoms. The molecule has 0 saturated heterocycles. The Balaban J connectivity index is 2.30. The minimum absolute atomic E-state index is 0.0125. The molecule has 0 aliphatic heterocycles. The summed E-state index contributed by atoms with van der Waals surface area (Å²) < 4.78 is 19.1. The van der Waals surface area contributed by atoms with Crippen LogP contribution >= 0.6 is 11.6 Å². The fourth-order valence-corrected chi connectivity index (χ4v) is 2.49. The largest absolute Gasteiger partial charge is 0.481 e. The van der Waals surface area contributed by atoms with Crippen LogP contribution in [0.4, 0.5) is 4.39 Å². The average molecular weight is 355 g/mol. The van der Waals surface area contributed by atoms with Gasteiger partial charge in [-0.3, -0.25) is 9.59 Å². The first-order chi connectivity index (χ1) is 11.3. The van der Waals surface area contributed by atoms with Gasteiger partial charge in [0.2, 0.25) is 0 Å². The molecule has 8 heteroatoms. The third-order valence-electron chi connectivity index (χ3n) is 3.46. The van der Waals surface area contributed by atoms with Crippen molar-refractivity contribution in [2.45, 2.75) is 32.7 Å². The van der Waals surface area contributed by atoms with Crippen LogP contribution in [0, 0.1) is 12.7 Å². The minimum Gasteiger partial charge on any atom is -0.481 e. The fourth-order valence-electron chi connectivity index (χ4n) is 2.24. The van der Waals surface area contributed by atoms with Crippen molar-refractivity contribution in [3.63, 3.8) is 0 Å². The highest BCUT2D eigenvalue weighted by molar-refractivity contribution is 6.33. The van der Waals surface area contributed by atoms with Crippen LogP contribution in [0.5, 0.6) is 0 Å². The van der Waals surface area contributed by atoms with Crippen molar-refractivity contribution in [3.8, 4) is 11.3 Å². The molecule has 0 bridgehead atoms. The third kappa shape index (κ3) is 3.91. The summed E-state index contributed by atoms with van der Waals surface area (Å²) in [7, 11) is 0. The quantitative estimate of drug-likeness (QED) is 0.829. The Labute approximate surface area is 142 Å². The van der Waals surface area contributed by atoms with Gasteiger partial charge in [-0.05, 0) is 32.4 Å². The molecule has 1 heterocycles. The number of amides is 1. The van der Waals surface area contributed by atoms with Gasteiger partial charge in [0.15, 0.2) is 0 Å². The second-order valence-corrected chi connectivity index (χ2v) is 5.77. The number of halogens is 2. The van der Waals surface area contributed by atoms with E-state index in [9.17, 15) is 14.0 Å².